The van der Waals surface area contributed by atoms with Gasteiger partial charge in [0.1, 0.15) is 0 Å². The van der Waals surface area contributed by atoms with Crippen molar-refractivity contribution in [2.75, 3.05) is 17.3 Å². The van der Waals surface area contributed by atoms with E-state index in [-0.39, 0.29) is 0 Å². The molecule has 1 unspecified atom stereocenters. The molecule has 7 N–H and O–H groups in total. The molecular formula is C68H58BBr5Cl5IO11S6. The standard InChI is InChI=1S/C14H12BrClOS.C14H12BrClS.2C12H6BrClS.C8H8BrIS.C6H6BClO2.C2H4O2.H2O4S.H2O2/c1-2-18(17)14-12(4-3-5-13(14)15)10-6-8-11(16)9-7-10;1-2-17-14-12(4-3-5-13(14)15)10-6-8-11(16)9-7-10;2*13-10-3-1-2-9-8-5-4-7(14)6-11(8)15-12(9)10;1-2-11-8-6(9)4-3-5-7(8)10;8-6-3-1-5(2-4-6)7(9)10;1-2(3)4;1-5(2,3)4;1-2/h3-9H,2H2,1H3;3-9H,2H2,1H3;2*1-6H;3-5H,2H2,1H3;1-4,9-10H;1H3,(H,3,4);(H2,1,2,3,4);1-2H. The highest BCUT2D eigenvalue weighted by atomic mass is 127. The number of hydrogen-bond donors (Lipinski definition) is 7. The van der Waals surface area contributed by atoms with E-state index in [1.165, 1.54) is 69.3 Å². The molecule has 1 atom stereocenters. The Kier molecular flexibility index (Phi) is 40.0. The van der Waals surface area contributed by atoms with Crippen molar-refractivity contribution in [3.8, 4) is 22.3 Å². The van der Waals surface area contributed by atoms with Crippen molar-refractivity contribution in [1.82, 2.24) is 0 Å². The predicted molar refractivity (Wildman–Crippen MR) is 444 cm³/mol. The summed E-state index contributed by atoms with van der Waals surface area (Å²) in [5.74, 6) is 1.95. The highest BCUT2D eigenvalue weighted by molar-refractivity contribution is 14.1. The number of carbonyl (C=O) groups is 1. The lowest BCUT2D eigenvalue weighted by Crippen LogP contribution is -2.29. The molecule has 0 aliphatic carbocycles. The fourth-order valence-electron chi connectivity index (χ4n) is 8.27. The molecule has 0 saturated carbocycles. The van der Waals surface area contributed by atoms with Gasteiger partial charge in [0.25, 0.3) is 5.97 Å². The molecule has 0 aliphatic heterocycles. The van der Waals surface area contributed by atoms with Gasteiger partial charge in [0.15, 0.2) is 0 Å². The van der Waals surface area contributed by atoms with Crippen LogP contribution in [-0.2, 0) is 26.0 Å². The van der Waals surface area contributed by atoms with Gasteiger partial charge in [-0.3, -0.25) is 28.6 Å². The maximum Gasteiger partial charge on any atom is 0.488 e. The Bertz CT molecular complexity index is 4500. The van der Waals surface area contributed by atoms with Crippen LogP contribution in [0.2, 0.25) is 25.1 Å². The minimum absolute atomic E-state index is 0.449. The zero-order valence-corrected chi connectivity index (χ0v) is 69.9. The summed E-state index contributed by atoms with van der Waals surface area (Å²) in [5, 5.41) is 45.5. The Balaban J connectivity index is 0.000000242. The molecule has 2 aromatic heterocycles. The first-order chi connectivity index (χ1) is 46.0. The molecule has 512 valence electrons. The summed E-state index contributed by atoms with van der Waals surface area (Å²) in [6.07, 6.45) is 0. The average Bonchev–Trinajstić information content (AvgIpc) is 1.61. The van der Waals surface area contributed by atoms with Crippen molar-refractivity contribution in [2.24, 2.45) is 0 Å². The van der Waals surface area contributed by atoms with Gasteiger partial charge in [-0.25, -0.2) is 0 Å². The number of aliphatic carboxylic acids is 1. The van der Waals surface area contributed by atoms with Crippen molar-refractivity contribution in [3.63, 3.8) is 0 Å². The highest BCUT2D eigenvalue weighted by Crippen LogP contribution is 2.42. The van der Waals surface area contributed by atoms with Crippen LogP contribution in [0, 0.1) is 3.57 Å². The van der Waals surface area contributed by atoms with Crippen LogP contribution in [0.3, 0.4) is 0 Å². The van der Waals surface area contributed by atoms with Gasteiger partial charge < -0.3 is 15.2 Å². The summed E-state index contributed by atoms with van der Waals surface area (Å²) in [6.45, 7) is 7.33. The molecule has 0 fully saturated rings. The predicted octanol–water partition coefficient (Wildman–Crippen LogP) is 25.4. The second-order valence-electron chi connectivity index (χ2n) is 18.9. The van der Waals surface area contributed by atoms with Crippen LogP contribution in [0.5, 0.6) is 0 Å². The smallest absolute Gasteiger partial charge is 0.481 e. The number of carboxylic acid groups (broad SMARTS) is 1. The van der Waals surface area contributed by atoms with Crippen molar-refractivity contribution in [1.29, 1.82) is 0 Å². The van der Waals surface area contributed by atoms with Gasteiger partial charge in [0.05, 0.1) is 15.7 Å². The number of carboxylic acids is 1. The third-order valence-electron chi connectivity index (χ3n) is 12.2. The first kappa shape index (κ1) is 86.7. The fraction of sp³-hybridized carbons (Fsp3) is 0.103. The third kappa shape index (κ3) is 29.2. The van der Waals surface area contributed by atoms with Crippen molar-refractivity contribution >= 4 is 287 Å². The maximum atomic E-state index is 12.2. The summed E-state index contributed by atoms with van der Waals surface area (Å²) in [5.41, 5.74) is 4.91. The molecule has 0 spiro atoms. The quantitative estimate of drug-likeness (QED) is 0.0179. The highest BCUT2D eigenvalue weighted by Gasteiger charge is 2.15. The van der Waals surface area contributed by atoms with E-state index in [1.807, 2.05) is 109 Å². The largest absolute Gasteiger partial charge is 0.488 e. The van der Waals surface area contributed by atoms with E-state index in [2.05, 4.69) is 213 Å². The van der Waals surface area contributed by atoms with Crippen molar-refractivity contribution < 1.29 is 52.2 Å². The van der Waals surface area contributed by atoms with Gasteiger partial charge in [0.2, 0.25) is 0 Å². The Labute approximate surface area is 663 Å². The lowest BCUT2D eigenvalue weighted by Gasteiger charge is -2.10. The normalized spacial score (nSPS) is 10.7. The van der Waals surface area contributed by atoms with E-state index < -0.39 is 34.3 Å². The summed E-state index contributed by atoms with van der Waals surface area (Å²) in [4.78, 5) is 12.5. The monoisotopic (exact) mass is 1950 g/mol. The molecule has 0 amide bonds. The van der Waals surface area contributed by atoms with Crippen LogP contribution in [0.1, 0.15) is 27.7 Å². The molecule has 97 heavy (non-hydrogen) atoms. The summed E-state index contributed by atoms with van der Waals surface area (Å²) in [6, 6.07) is 65.0. The SMILES string of the molecule is CC(=O)O.CCS(=O)c1c(Br)cccc1-c1ccc(Cl)cc1.CCSc1c(Br)cccc1-c1ccc(Cl)cc1.CCSc1c(Br)cccc1I.Clc1ccc2c(c1)sc1c(Br)cccc12.Clc1ccc2c(c1)sc1c(Br)cccc12.O=S(=O)(O)O.OB(O)c1ccc(Cl)cc1.OO. The summed E-state index contributed by atoms with van der Waals surface area (Å²) >= 11 is 56.7. The zero-order chi connectivity index (χ0) is 72.1. The Hall–Kier alpha value is -2.69. The number of thioether (sulfide) groups is 2. The Morgan fingerprint density at radius 2 is 0.845 bits per heavy atom. The lowest BCUT2D eigenvalue weighted by molar-refractivity contribution is -0.176. The molecule has 10 aromatic carbocycles. The molecule has 0 aliphatic rings. The van der Waals surface area contributed by atoms with Gasteiger partial charge in [-0.05, 0) is 239 Å². The second kappa shape index (κ2) is 44.7. The number of halogens is 11. The molecule has 12 aromatic rings. The van der Waals surface area contributed by atoms with Crippen LogP contribution in [0.25, 0.3) is 62.6 Å². The lowest BCUT2D eigenvalue weighted by atomic mass is 9.81. The van der Waals surface area contributed by atoms with E-state index in [9.17, 15) is 4.21 Å². The van der Waals surface area contributed by atoms with Gasteiger partial charge in [-0.1, -0.05) is 182 Å². The third-order valence-corrected chi connectivity index (χ3v) is 25.2. The van der Waals surface area contributed by atoms with Crippen LogP contribution >= 0.6 is 206 Å². The number of thiophene rings is 2. The van der Waals surface area contributed by atoms with Crippen LogP contribution < -0.4 is 5.46 Å². The van der Waals surface area contributed by atoms with Crippen LogP contribution in [0.15, 0.2) is 237 Å². The minimum Gasteiger partial charge on any atom is -0.481 e. The molecule has 0 bridgehead atoms. The number of hydrogen-bond acceptors (Lipinski definition) is 12. The molecule has 29 heteroatoms. The maximum absolute atomic E-state index is 12.2. The van der Waals surface area contributed by atoms with Crippen molar-refractivity contribution in [3.05, 3.63) is 251 Å². The molecule has 11 nitrogen and oxygen atoms in total. The summed E-state index contributed by atoms with van der Waals surface area (Å²) in [7, 11) is -7.07. The molecule has 0 saturated heterocycles. The first-order valence-corrected chi connectivity index (χ1v) is 41.2. The topological polar surface area (TPSA) is 210 Å². The van der Waals surface area contributed by atoms with E-state index in [4.69, 9.17) is 106 Å². The van der Waals surface area contributed by atoms with Gasteiger partial charge >= 0.3 is 17.5 Å². The van der Waals surface area contributed by atoms with E-state index in [1.54, 1.807) is 46.9 Å². The van der Waals surface area contributed by atoms with E-state index >= 15 is 0 Å². The first-order valence-electron chi connectivity index (χ1n) is 28.0. The Morgan fingerprint density at radius 1 is 0.505 bits per heavy atom. The Morgan fingerprint density at radius 3 is 1.25 bits per heavy atom. The van der Waals surface area contributed by atoms with E-state index in [0.29, 0.717) is 21.3 Å². The number of benzene rings is 10. The molecule has 12 rings (SSSR count). The van der Waals surface area contributed by atoms with Gasteiger partial charge in [-0.15, -0.1) is 46.2 Å². The molecular weight excluding hydrogens is 1900 g/mol. The zero-order valence-electron chi connectivity index (χ0n) is 51.1. The fourth-order valence-corrected chi connectivity index (χ4v) is 18.8. The molecule has 0 radical (unpaired) electrons. The van der Waals surface area contributed by atoms with Gasteiger partial charge in [-0.2, -0.15) is 8.42 Å². The number of rotatable bonds is 9. The number of fused-ring (bicyclic) bond motifs is 6. The summed E-state index contributed by atoms with van der Waals surface area (Å²) < 4.78 is 55.7. The van der Waals surface area contributed by atoms with Crippen LogP contribution in [0.4, 0.5) is 0 Å². The van der Waals surface area contributed by atoms with Crippen molar-refractivity contribution in [2.45, 2.75) is 42.4 Å². The van der Waals surface area contributed by atoms with E-state index in [0.717, 1.165) is 67.4 Å². The average molecular weight is 1960 g/mol. The minimum atomic E-state index is -4.67. The second-order valence-corrected chi connectivity index (χ2v) is 33.7. The van der Waals surface area contributed by atoms with Gasteiger partial charge in [0, 0.05) is 114 Å². The molecule has 2 heterocycles. The van der Waals surface area contributed by atoms with Crippen LogP contribution in [-0.4, -0.2) is 77.7 Å².